The van der Waals surface area contributed by atoms with Gasteiger partial charge in [0, 0.05) is 12.2 Å². The van der Waals surface area contributed by atoms with E-state index in [2.05, 4.69) is 24.3 Å². The fourth-order valence-corrected chi connectivity index (χ4v) is 3.46. The Hall–Kier alpha value is -2.63. The van der Waals surface area contributed by atoms with Gasteiger partial charge in [0.1, 0.15) is 11.1 Å². The molecule has 1 amide bonds. The summed E-state index contributed by atoms with van der Waals surface area (Å²) in [6.45, 7) is 7.95. The van der Waals surface area contributed by atoms with E-state index in [1.165, 1.54) is 0 Å². The largest absolute Gasteiger partial charge is 0.481 e. The summed E-state index contributed by atoms with van der Waals surface area (Å²) < 4.78 is 1.89. The van der Waals surface area contributed by atoms with Gasteiger partial charge in [-0.15, -0.1) is 0 Å². The molecule has 0 aliphatic rings. The molecule has 0 bridgehead atoms. The lowest BCUT2D eigenvalue weighted by Gasteiger charge is -2.28. The maximum atomic E-state index is 12.6. The van der Waals surface area contributed by atoms with Gasteiger partial charge in [-0.3, -0.25) is 14.3 Å². The first-order valence-corrected chi connectivity index (χ1v) is 9.52. The maximum Gasteiger partial charge on any atom is 0.315 e. The van der Waals surface area contributed by atoms with Crippen molar-refractivity contribution in [1.82, 2.24) is 15.1 Å². The Bertz CT molecular complexity index is 781. The molecule has 0 aliphatic carbocycles. The number of nitrogens with one attached hydrogen (secondary N) is 1. The van der Waals surface area contributed by atoms with E-state index in [0.717, 1.165) is 18.5 Å². The van der Waals surface area contributed by atoms with Crippen LogP contribution in [-0.2, 0) is 10.2 Å². The van der Waals surface area contributed by atoms with E-state index in [1.54, 1.807) is 18.2 Å². The minimum absolute atomic E-state index is 0.0125. The van der Waals surface area contributed by atoms with Crippen LogP contribution < -0.4 is 5.32 Å². The van der Waals surface area contributed by atoms with Crippen molar-refractivity contribution in [1.29, 1.82) is 0 Å². The molecule has 1 atom stereocenters. The second-order valence-electron chi connectivity index (χ2n) is 6.88. The Morgan fingerprint density at radius 2 is 1.81 bits per heavy atom. The SMILES string of the molecule is CCC(CC)n1nc(C(=O)NCC(CC)(C(=O)O)c2ccccc2)cc1C. The van der Waals surface area contributed by atoms with Crippen LogP contribution in [-0.4, -0.2) is 33.3 Å². The van der Waals surface area contributed by atoms with E-state index in [0.29, 0.717) is 17.7 Å². The van der Waals surface area contributed by atoms with Crippen molar-refractivity contribution in [3.05, 3.63) is 53.3 Å². The number of aliphatic carboxylic acids is 1. The van der Waals surface area contributed by atoms with Gasteiger partial charge >= 0.3 is 5.97 Å². The fraction of sp³-hybridized carbons (Fsp3) is 0.476. The molecule has 1 aromatic carbocycles. The summed E-state index contributed by atoms with van der Waals surface area (Å²) in [6.07, 6.45) is 2.24. The smallest absolute Gasteiger partial charge is 0.315 e. The average molecular weight is 371 g/mol. The number of carboxylic acid groups (broad SMARTS) is 1. The van der Waals surface area contributed by atoms with E-state index in [-0.39, 0.29) is 18.5 Å². The Morgan fingerprint density at radius 3 is 2.33 bits per heavy atom. The predicted molar refractivity (Wildman–Crippen MR) is 105 cm³/mol. The molecule has 146 valence electrons. The summed E-state index contributed by atoms with van der Waals surface area (Å²) in [5, 5.41) is 17.1. The van der Waals surface area contributed by atoms with Gasteiger partial charge in [0.15, 0.2) is 0 Å². The molecular formula is C21H29N3O3. The number of hydrogen-bond acceptors (Lipinski definition) is 3. The van der Waals surface area contributed by atoms with Gasteiger partial charge in [-0.1, -0.05) is 51.1 Å². The van der Waals surface area contributed by atoms with E-state index >= 15 is 0 Å². The van der Waals surface area contributed by atoms with Gasteiger partial charge in [0.25, 0.3) is 5.91 Å². The first kappa shape index (κ1) is 20.7. The standard InChI is InChI=1S/C21H29N3O3/c1-5-17(6-2)24-15(4)13-18(23-24)19(25)22-14-21(7-3,20(26)27)16-11-9-8-10-12-16/h8-13,17H,5-7,14H2,1-4H3,(H,22,25)(H,26,27). The number of aromatic nitrogens is 2. The summed E-state index contributed by atoms with van der Waals surface area (Å²) in [4.78, 5) is 24.7. The monoisotopic (exact) mass is 371 g/mol. The van der Waals surface area contributed by atoms with Crippen LogP contribution >= 0.6 is 0 Å². The Labute approximate surface area is 160 Å². The second kappa shape index (κ2) is 8.84. The molecule has 0 saturated carbocycles. The van der Waals surface area contributed by atoms with Gasteiger partial charge in [0.2, 0.25) is 0 Å². The topological polar surface area (TPSA) is 84.2 Å². The third-order valence-corrected chi connectivity index (χ3v) is 5.33. The van der Waals surface area contributed by atoms with Crippen LogP contribution in [0, 0.1) is 6.92 Å². The maximum absolute atomic E-state index is 12.6. The first-order chi connectivity index (χ1) is 12.9. The number of carbonyl (C=O) groups excluding carboxylic acids is 1. The Kier molecular flexibility index (Phi) is 6.77. The molecule has 2 rings (SSSR count). The number of hydrogen-bond donors (Lipinski definition) is 2. The third-order valence-electron chi connectivity index (χ3n) is 5.33. The normalized spacial score (nSPS) is 13.4. The molecular weight excluding hydrogens is 342 g/mol. The molecule has 6 nitrogen and oxygen atoms in total. The zero-order valence-corrected chi connectivity index (χ0v) is 16.5. The molecule has 1 unspecified atom stereocenters. The number of carbonyl (C=O) groups is 2. The minimum Gasteiger partial charge on any atom is -0.481 e. The van der Waals surface area contributed by atoms with Crippen LogP contribution in [0.1, 0.15) is 67.8 Å². The van der Waals surface area contributed by atoms with Gasteiger partial charge in [-0.2, -0.15) is 5.10 Å². The lowest BCUT2D eigenvalue weighted by atomic mass is 9.78. The van der Waals surface area contributed by atoms with Gasteiger partial charge in [-0.05, 0) is 37.8 Å². The molecule has 0 radical (unpaired) electrons. The molecule has 0 spiro atoms. The van der Waals surface area contributed by atoms with Crippen LogP contribution in [0.15, 0.2) is 36.4 Å². The second-order valence-corrected chi connectivity index (χ2v) is 6.88. The van der Waals surface area contributed by atoms with Crippen LogP contribution in [0.4, 0.5) is 0 Å². The van der Waals surface area contributed by atoms with Crippen molar-refractivity contribution in [3.63, 3.8) is 0 Å². The Balaban J connectivity index is 2.22. The summed E-state index contributed by atoms with van der Waals surface area (Å²) in [5.41, 5.74) is 0.767. The van der Waals surface area contributed by atoms with Crippen molar-refractivity contribution >= 4 is 11.9 Å². The number of rotatable bonds is 9. The highest BCUT2D eigenvalue weighted by molar-refractivity contribution is 5.93. The molecule has 27 heavy (non-hydrogen) atoms. The molecule has 0 saturated heterocycles. The average Bonchev–Trinajstić information content (AvgIpc) is 3.06. The van der Waals surface area contributed by atoms with E-state index in [9.17, 15) is 14.7 Å². The lowest BCUT2D eigenvalue weighted by Crippen LogP contribution is -2.46. The predicted octanol–water partition coefficient (Wildman–Crippen LogP) is 3.72. The highest BCUT2D eigenvalue weighted by Gasteiger charge is 2.39. The molecule has 2 N–H and O–H groups in total. The zero-order chi connectivity index (χ0) is 20.0. The highest BCUT2D eigenvalue weighted by atomic mass is 16.4. The molecule has 0 fully saturated rings. The molecule has 1 aromatic heterocycles. The lowest BCUT2D eigenvalue weighted by molar-refractivity contribution is -0.143. The van der Waals surface area contributed by atoms with Crippen molar-refractivity contribution in [2.45, 2.75) is 58.4 Å². The van der Waals surface area contributed by atoms with Crippen molar-refractivity contribution < 1.29 is 14.7 Å². The van der Waals surface area contributed by atoms with E-state index < -0.39 is 11.4 Å². The molecule has 0 aliphatic heterocycles. The van der Waals surface area contributed by atoms with Gasteiger partial charge in [-0.25, -0.2) is 0 Å². The number of carboxylic acids is 1. The van der Waals surface area contributed by atoms with Gasteiger partial charge < -0.3 is 10.4 Å². The van der Waals surface area contributed by atoms with Crippen LogP contribution in [0.5, 0.6) is 0 Å². The molecule has 1 heterocycles. The summed E-state index contributed by atoms with van der Waals surface area (Å²) in [7, 11) is 0. The zero-order valence-electron chi connectivity index (χ0n) is 16.5. The number of amides is 1. The number of benzene rings is 1. The number of aryl methyl sites for hydroxylation is 1. The summed E-state index contributed by atoms with van der Waals surface area (Å²) in [6, 6.07) is 11.0. The minimum atomic E-state index is -1.16. The molecule has 2 aromatic rings. The van der Waals surface area contributed by atoms with Crippen LogP contribution in [0.2, 0.25) is 0 Å². The van der Waals surface area contributed by atoms with Crippen LogP contribution in [0.3, 0.4) is 0 Å². The first-order valence-electron chi connectivity index (χ1n) is 9.52. The Morgan fingerprint density at radius 1 is 1.19 bits per heavy atom. The summed E-state index contributed by atoms with van der Waals surface area (Å²) >= 11 is 0. The van der Waals surface area contributed by atoms with Gasteiger partial charge in [0.05, 0.1) is 6.04 Å². The number of nitrogens with zero attached hydrogens (tertiary/aromatic N) is 2. The van der Waals surface area contributed by atoms with Crippen molar-refractivity contribution in [2.24, 2.45) is 0 Å². The fourth-order valence-electron chi connectivity index (χ4n) is 3.46. The van der Waals surface area contributed by atoms with Crippen molar-refractivity contribution in [2.75, 3.05) is 6.54 Å². The quantitative estimate of drug-likeness (QED) is 0.704. The van der Waals surface area contributed by atoms with Crippen LogP contribution in [0.25, 0.3) is 0 Å². The molecule has 6 heteroatoms. The third kappa shape index (κ3) is 4.21. The van der Waals surface area contributed by atoms with Crippen molar-refractivity contribution in [3.8, 4) is 0 Å². The van der Waals surface area contributed by atoms with E-state index in [1.807, 2.05) is 36.7 Å². The van der Waals surface area contributed by atoms with E-state index in [4.69, 9.17) is 0 Å². The summed E-state index contributed by atoms with van der Waals surface area (Å²) in [5.74, 6) is -1.30. The highest BCUT2D eigenvalue weighted by Crippen LogP contribution is 2.28.